The van der Waals surface area contributed by atoms with E-state index in [0.717, 1.165) is 0 Å². The van der Waals surface area contributed by atoms with Crippen LogP contribution in [0.3, 0.4) is 0 Å². The highest BCUT2D eigenvalue weighted by Gasteiger charge is 2.23. The van der Waals surface area contributed by atoms with Crippen molar-refractivity contribution in [2.24, 2.45) is 0 Å². The Hall–Kier alpha value is -2.57. The Morgan fingerprint density at radius 3 is 2.36 bits per heavy atom. The quantitative estimate of drug-likeness (QED) is 0.624. The van der Waals surface area contributed by atoms with Gasteiger partial charge < -0.3 is 10.1 Å². The van der Waals surface area contributed by atoms with Crippen LogP contribution in [0.5, 0.6) is 5.75 Å². The first kappa shape index (κ1) is 17.3. The minimum absolute atomic E-state index is 0.0367. The Morgan fingerprint density at radius 2 is 1.76 bits per heavy atom. The molecule has 25 heavy (non-hydrogen) atoms. The number of rotatable bonds is 4. The molecule has 2 aromatic rings. The number of halogens is 3. The summed E-state index contributed by atoms with van der Waals surface area (Å²) in [5.41, 5.74) is 0.948. The molecular formula is C17H11Cl2FN2O3. The van der Waals surface area contributed by atoms with Gasteiger partial charge in [0.15, 0.2) is 5.75 Å². The number of ether oxygens (including phenoxy) is 1. The third kappa shape index (κ3) is 3.92. The predicted molar refractivity (Wildman–Crippen MR) is 91.8 cm³/mol. The summed E-state index contributed by atoms with van der Waals surface area (Å²) in [4.78, 5) is 22.6. The number of amides is 3. The molecule has 128 valence electrons. The second-order valence-electron chi connectivity index (χ2n) is 5.16. The first-order valence-corrected chi connectivity index (χ1v) is 7.89. The van der Waals surface area contributed by atoms with E-state index in [0.29, 0.717) is 11.1 Å². The van der Waals surface area contributed by atoms with Crippen molar-refractivity contribution in [3.8, 4) is 5.75 Å². The number of nitrogens with one attached hydrogen (secondary N) is 2. The third-order valence-electron chi connectivity index (χ3n) is 3.38. The molecule has 1 saturated heterocycles. The summed E-state index contributed by atoms with van der Waals surface area (Å²) < 4.78 is 19.2. The number of carbonyl (C=O) groups is 2. The van der Waals surface area contributed by atoms with Crippen LogP contribution in [0.1, 0.15) is 11.1 Å². The van der Waals surface area contributed by atoms with Crippen molar-refractivity contribution >= 4 is 41.2 Å². The summed E-state index contributed by atoms with van der Waals surface area (Å²) in [7, 11) is 0. The van der Waals surface area contributed by atoms with Crippen molar-refractivity contribution in [1.29, 1.82) is 0 Å². The first-order valence-electron chi connectivity index (χ1n) is 7.13. The topological polar surface area (TPSA) is 67.4 Å². The Balaban J connectivity index is 1.81. The Morgan fingerprint density at radius 1 is 1.08 bits per heavy atom. The van der Waals surface area contributed by atoms with Crippen LogP contribution < -0.4 is 15.4 Å². The average Bonchev–Trinajstić information content (AvgIpc) is 2.85. The zero-order valence-corrected chi connectivity index (χ0v) is 14.1. The number of benzene rings is 2. The minimum atomic E-state index is -0.599. The summed E-state index contributed by atoms with van der Waals surface area (Å²) in [5, 5.41) is 4.84. The van der Waals surface area contributed by atoms with Gasteiger partial charge in [-0.25, -0.2) is 9.18 Å². The van der Waals surface area contributed by atoms with E-state index in [9.17, 15) is 14.0 Å². The fourth-order valence-electron chi connectivity index (χ4n) is 2.22. The molecule has 2 aromatic carbocycles. The highest BCUT2D eigenvalue weighted by molar-refractivity contribution is 6.37. The monoisotopic (exact) mass is 380 g/mol. The number of hydrogen-bond donors (Lipinski definition) is 2. The van der Waals surface area contributed by atoms with Gasteiger partial charge in [-0.2, -0.15) is 0 Å². The van der Waals surface area contributed by atoms with Gasteiger partial charge in [0, 0.05) is 5.56 Å². The smallest absolute Gasteiger partial charge is 0.326 e. The van der Waals surface area contributed by atoms with Gasteiger partial charge in [0.05, 0.1) is 10.0 Å². The van der Waals surface area contributed by atoms with E-state index in [1.54, 1.807) is 18.2 Å². The lowest BCUT2D eigenvalue weighted by atomic mass is 10.1. The summed E-state index contributed by atoms with van der Waals surface area (Å²) >= 11 is 12.3. The van der Waals surface area contributed by atoms with Crippen LogP contribution >= 0.6 is 23.2 Å². The SMILES string of the molecule is O=C1NC(=O)/C(=C\c2cc(Cl)c(OCc3ccccc3F)c(Cl)c2)N1. The van der Waals surface area contributed by atoms with E-state index in [1.807, 2.05) is 0 Å². The molecule has 1 fully saturated rings. The maximum atomic E-state index is 13.6. The molecular weight excluding hydrogens is 370 g/mol. The molecule has 3 amide bonds. The van der Waals surface area contributed by atoms with E-state index in [4.69, 9.17) is 27.9 Å². The van der Waals surface area contributed by atoms with Crippen LogP contribution in [0.25, 0.3) is 6.08 Å². The van der Waals surface area contributed by atoms with E-state index >= 15 is 0 Å². The molecule has 0 saturated carbocycles. The molecule has 5 nitrogen and oxygen atoms in total. The largest absolute Gasteiger partial charge is 0.486 e. The Labute approximate surface area is 152 Å². The van der Waals surface area contributed by atoms with Crippen LogP contribution in [0.4, 0.5) is 9.18 Å². The highest BCUT2D eigenvalue weighted by Crippen LogP contribution is 2.35. The molecule has 0 bridgehead atoms. The zero-order chi connectivity index (χ0) is 18.0. The lowest BCUT2D eigenvalue weighted by Gasteiger charge is -2.11. The van der Waals surface area contributed by atoms with Gasteiger partial charge >= 0.3 is 6.03 Å². The van der Waals surface area contributed by atoms with Crippen LogP contribution in [0.2, 0.25) is 10.0 Å². The van der Waals surface area contributed by atoms with Crippen molar-refractivity contribution in [3.05, 3.63) is 69.1 Å². The lowest BCUT2D eigenvalue weighted by Crippen LogP contribution is -2.22. The van der Waals surface area contributed by atoms with E-state index in [-0.39, 0.29) is 33.9 Å². The zero-order valence-electron chi connectivity index (χ0n) is 12.6. The number of urea groups is 1. The van der Waals surface area contributed by atoms with Gasteiger partial charge in [-0.1, -0.05) is 41.4 Å². The Bertz CT molecular complexity index is 876. The molecule has 2 N–H and O–H groups in total. The summed E-state index contributed by atoms with van der Waals surface area (Å²) in [6.45, 7) is -0.0367. The summed E-state index contributed by atoms with van der Waals surface area (Å²) in [6.07, 6.45) is 1.43. The lowest BCUT2D eigenvalue weighted by molar-refractivity contribution is -0.115. The fraction of sp³-hybridized carbons (Fsp3) is 0.0588. The molecule has 1 aliphatic rings. The fourth-order valence-corrected chi connectivity index (χ4v) is 2.83. The van der Waals surface area contributed by atoms with Crippen molar-refractivity contribution in [2.75, 3.05) is 0 Å². The maximum Gasteiger partial charge on any atom is 0.326 e. The van der Waals surface area contributed by atoms with Crippen molar-refractivity contribution < 1.29 is 18.7 Å². The summed E-state index contributed by atoms with van der Waals surface area (Å²) in [5.74, 6) is -0.732. The Kier molecular flexibility index (Phi) is 4.92. The molecule has 0 spiro atoms. The van der Waals surface area contributed by atoms with Crippen LogP contribution in [-0.2, 0) is 11.4 Å². The van der Waals surface area contributed by atoms with E-state index in [1.165, 1.54) is 24.3 Å². The first-order chi connectivity index (χ1) is 11.9. The molecule has 1 aliphatic heterocycles. The van der Waals surface area contributed by atoms with Crippen molar-refractivity contribution in [1.82, 2.24) is 10.6 Å². The summed E-state index contributed by atoms with van der Waals surface area (Å²) in [6, 6.07) is 8.65. The molecule has 0 radical (unpaired) electrons. The van der Waals surface area contributed by atoms with Gasteiger partial charge in [-0.05, 0) is 29.8 Å². The molecule has 0 aliphatic carbocycles. The second kappa shape index (κ2) is 7.13. The molecule has 0 atom stereocenters. The number of imide groups is 1. The van der Waals surface area contributed by atoms with Crippen molar-refractivity contribution in [2.45, 2.75) is 6.61 Å². The average molecular weight is 381 g/mol. The van der Waals surface area contributed by atoms with E-state index in [2.05, 4.69) is 10.6 Å². The van der Waals surface area contributed by atoms with Gasteiger partial charge in [0.1, 0.15) is 18.1 Å². The molecule has 8 heteroatoms. The second-order valence-corrected chi connectivity index (χ2v) is 5.97. The van der Waals surface area contributed by atoms with Gasteiger partial charge in [0.25, 0.3) is 5.91 Å². The van der Waals surface area contributed by atoms with Crippen LogP contribution in [0, 0.1) is 5.82 Å². The van der Waals surface area contributed by atoms with E-state index < -0.39 is 11.9 Å². The van der Waals surface area contributed by atoms with Gasteiger partial charge in [-0.3, -0.25) is 10.1 Å². The van der Waals surface area contributed by atoms with Crippen LogP contribution in [0.15, 0.2) is 42.1 Å². The number of carbonyl (C=O) groups excluding carboxylic acids is 2. The third-order valence-corrected chi connectivity index (χ3v) is 3.94. The molecule has 0 aromatic heterocycles. The molecule has 1 heterocycles. The van der Waals surface area contributed by atoms with Gasteiger partial charge in [0.2, 0.25) is 0 Å². The molecule has 0 unspecified atom stereocenters. The van der Waals surface area contributed by atoms with Crippen LogP contribution in [-0.4, -0.2) is 11.9 Å². The predicted octanol–water partition coefficient (Wildman–Crippen LogP) is 3.89. The highest BCUT2D eigenvalue weighted by atomic mass is 35.5. The normalized spacial score (nSPS) is 15.2. The maximum absolute atomic E-state index is 13.6. The van der Waals surface area contributed by atoms with Gasteiger partial charge in [-0.15, -0.1) is 0 Å². The number of hydrogen-bond acceptors (Lipinski definition) is 3. The van der Waals surface area contributed by atoms with Crippen molar-refractivity contribution in [3.63, 3.8) is 0 Å². The standard InChI is InChI=1S/C17H11Cl2FN2O3/c18-11-5-9(7-14-16(23)22-17(24)21-14)6-12(19)15(11)25-8-10-3-1-2-4-13(10)20/h1-7H,8H2,(H2,21,22,23,24)/b14-7+. The minimum Gasteiger partial charge on any atom is -0.486 e. The molecule has 3 rings (SSSR count).